The molecule has 0 aliphatic heterocycles. The quantitative estimate of drug-likeness (QED) is 0.364. The van der Waals surface area contributed by atoms with Crippen molar-refractivity contribution in [3.63, 3.8) is 0 Å². The maximum atomic E-state index is 13.8. The highest BCUT2D eigenvalue weighted by Crippen LogP contribution is 2.26. The minimum Gasteiger partial charge on any atom is -0.444 e. The van der Waals surface area contributed by atoms with E-state index in [2.05, 4.69) is 17.6 Å². The lowest BCUT2D eigenvalue weighted by atomic mass is 9.97. The molecule has 1 aromatic carbocycles. The lowest BCUT2D eigenvalue weighted by Gasteiger charge is -2.35. The number of ether oxygens (including phenoxy) is 1. The van der Waals surface area contributed by atoms with Crippen molar-refractivity contribution < 1.29 is 19.1 Å². The van der Waals surface area contributed by atoms with Crippen LogP contribution in [0.15, 0.2) is 18.2 Å². The number of aryl methyl sites for hydroxylation is 2. The van der Waals surface area contributed by atoms with Crippen LogP contribution in [0.4, 0.5) is 4.79 Å². The summed E-state index contributed by atoms with van der Waals surface area (Å²) >= 11 is 0. The monoisotopic (exact) mass is 503 g/mol. The summed E-state index contributed by atoms with van der Waals surface area (Å²) in [7, 11) is 0. The summed E-state index contributed by atoms with van der Waals surface area (Å²) in [4.78, 5) is 41.4. The molecule has 7 nitrogen and oxygen atoms in total. The van der Waals surface area contributed by atoms with Gasteiger partial charge in [-0.2, -0.15) is 0 Å². The topological polar surface area (TPSA) is 87.7 Å². The van der Waals surface area contributed by atoms with Gasteiger partial charge < -0.3 is 20.3 Å². The minimum absolute atomic E-state index is 0.239. The predicted octanol–water partition coefficient (Wildman–Crippen LogP) is 5.97. The van der Waals surface area contributed by atoms with Crippen molar-refractivity contribution in [2.75, 3.05) is 6.54 Å². The first-order chi connectivity index (χ1) is 16.6. The molecule has 0 aromatic heterocycles. The van der Waals surface area contributed by atoms with E-state index in [1.54, 1.807) is 32.6 Å². The number of benzene rings is 1. The van der Waals surface area contributed by atoms with Crippen molar-refractivity contribution in [2.45, 2.75) is 125 Å². The van der Waals surface area contributed by atoms with E-state index in [1.807, 2.05) is 52.8 Å². The Morgan fingerprint density at radius 2 is 1.56 bits per heavy atom. The standard InChI is InChI=1S/C29H49N3O4/c1-11-12-13-14-15-18-32(26(34)22(4)30-27(35)36-29(8,9)10)24(25(33)31-28(5,6)7)23-17-16-20(2)21(3)19-23/h16-17,19,22,24H,11-15,18H2,1-10H3,(H,30,35)(H,31,33). The normalized spacial score (nSPS) is 13.5. The van der Waals surface area contributed by atoms with Crippen LogP contribution >= 0.6 is 0 Å². The highest BCUT2D eigenvalue weighted by molar-refractivity contribution is 5.92. The van der Waals surface area contributed by atoms with Crippen molar-refractivity contribution in [2.24, 2.45) is 0 Å². The van der Waals surface area contributed by atoms with Crippen molar-refractivity contribution in [3.05, 3.63) is 34.9 Å². The largest absolute Gasteiger partial charge is 0.444 e. The second kappa shape index (κ2) is 13.7. The summed E-state index contributed by atoms with van der Waals surface area (Å²) in [6.45, 7) is 19.3. The molecule has 1 aromatic rings. The molecule has 0 aliphatic carbocycles. The van der Waals surface area contributed by atoms with Crippen LogP contribution in [0.3, 0.4) is 0 Å². The number of carbonyl (C=O) groups excluding carboxylic acids is 3. The fourth-order valence-corrected chi connectivity index (χ4v) is 3.89. The third kappa shape index (κ3) is 11.0. The van der Waals surface area contributed by atoms with E-state index >= 15 is 0 Å². The number of hydrogen-bond donors (Lipinski definition) is 2. The van der Waals surface area contributed by atoms with Gasteiger partial charge in [-0.1, -0.05) is 50.8 Å². The maximum Gasteiger partial charge on any atom is 0.408 e. The SMILES string of the molecule is CCCCCCCN(C(=O)C(C)NC(=O)OC(C)(C)C)C(C(=O)NC(C)(C)C)c1ccc(C)c(C)c1. The Balaban J connectivity index is 3.37. The molecule has 1 rings (SSSR count). The van der Waals surface area contributed by atoms with E-state index in [0.717, 1.165) is 48.8 Å². The Bertz CT molecular complexity index is 883. The Labute approximate surface area is 218 Å². The number of rotatable bonds is 11. The average Bonchev–Trinajstić information content (AvgIpc) is 2.71. The first kappa shape index (κ1) is 31.5. The van der Waals surface area contributed by atoms with Gasteiger partial charge in [-0.05, 0) is 85.4 Å². The fraction of sp³-hybridized carbons (Fsp3) is 0.690. The van der Waals surface area contributed by atoms with E-state index in [4.69, 9.17) is 4.74 Å². The molecule has 204 valence electrons. The van der Waals surface area contributed by atoms with Gasteiger partial charge in [-0.3, -0.25) is 9.59 Å². The number of hydrogen-bond acceptors (Lipinski definition) is 4. The molecular formula is C29H49N3O4. The molecule has 0 fully saturated rings. The summed E-state index contributed by atoms with van der Waals surface area (Å²) in [6.07, 6.45) is 4.41. The lowest BCUT2D eigenvalue weighted by Crippen LogP contribution is -2.54. The number of alkyl carbamates (subject to hydrolysis) is 1. The van der Waals surface area contributed by atoms with Gasteiger partial charge in [0.25, 0.3) is 0 Å². The van der Waals surface area contributed by atoms with Crippen LogP contribution < -0.4 is 10.6 Å². The van der Waals surface area contributed by atoms with Gasteiger partial charge >= 0.3 is 6.09 Å². The van der Waals surface area contributed by atoms with Crippen LogP contribution in [-0.2, 0) is 14.3 Å². The zero-order valence-corrected chi connectivity index (χ0v) is 24.2. The van der Waals surface area contributed by atoms with Crippen molar-refractivity contribution in [3.8, 4) is 0 Å². The van der Waals surface area contributed by atoms with Crippen molar-refractivity contribution >= 4 is 17.9 Å². The highest BCUT2D eigenvalue weighted by atomic mass is 16.6. The van der Waals surface area contributed by atoms with Crippen LogP contribution in [0.5, 0.6) is 0 Å². The first-order valence-electron chi connectivity index (χ1n) is 13.2. The fourth-order valence-electron chi connectivity index (χ4n) is 3.89. The molecular weight excluding hydrogens is 454 g/mol. The molecule has 0 radical (unpaired) electrons. The highest BCUT2D eigenvalue weighted by Gasteiger charge is 2.35. The van der Waals surface area contributed by atoms with Crippen LogP contribution in [0.1, 0.15) is 110 Å². The third-order valence-electron chi connectivity index (χ3n) is 5.79. The molecule has 2 unspecified atom stereocenters. The molecule has 0 bridgehead atoms. The van der Waals surface area contributed by atoms with E-state index in [-0.39, 0.29) is 11.8 Å². The molecule has 0 saturated carbocycles. The summed E-state index contributed by atoms with van der Waals surface area (Å²) in [5, 5.41) is 5.72. The molecule has 3 amide bonds. The lowest BCUT2D eigenvalue weighted by molar-refractivity contribution is -0.142. The Morgan fingerprint density at radius 1 is 0.944 bits per heavy atom. The molecule has 2 N–H and O–H groups in total. The van der Waals surface area contributed by atoms with Gasteiger partial charge in [0.15, 0.2) is 0 Å². The predicted molar refractivity (Wildman–Crippen MR) is 146 cm³/mol. The van der Waals surface area contributed by atoms with Gasteiger partial charge in [0.05, 0.1) is 0 Å². The van der Waals surface area contributed by atoms with E-state index in [9.17, 15) is 14.4 Å². The molecule has 2 atom stereocenters. The number of carbonyl (C=O) groups is 3. The number of nitrogens with zero attached hydrogens (tertiary/aromatic N) is 1. The van der Waals surface area contributed by atoms with Gasteiger partial charge in [-0.15, -0.1) is 0 Å². The van der Waals surface area contributed by atoms with Crippen LogP contribution in [0.25, 0.3) is 0 Å². The molecule has 0 spiro atoms. The van der Waals surface area contributed by atoms with Crippen LogP contribution in [-0.4, -0.2) is 46.5 Å². The van der Waals surface area contributed by atoms with Gasteiger partial charge in [0.1, 0.15) is 17.7 Å². The van der Waals surface area contributed by atoms with Crippen LogP contribution in [0, 0.1) is 13.8 Å². The smallest absolute Gasteiger partial charge is 0.408 e. The van der Waals surface area contributed by atoms with Gasteiger partial charge in [-0.25, -0.2) is 4.79 Å². The molecule has 0 heterocycles. The minimum atomic E-state index is -0.855. The van der Waals surface area contributed by atoms with E-state index < -0.39 is 29.3 Å². The molecule has 0 aliphatic rings. The second-order valence-corrected chi connectivity index (χ2v) is 11.8. The zero-order valence-electron chi connectivity index (χ0n) is 24.2. The van der Waals surface area contributed by atoms with Crippen molar-refractivity contribution in [1.82, 2.24) is 15.5 Å². The summed E-state index contributed by atoms with van der Waals surface area (Å²) < 4.78 is 5.35. The van der Waals surface area contributed by atoms with Crippen LogP contribution in [0.2, 0.25) is 0 Å². The number of amides is 3. The Hall–Kier alpha value is -2.57. The van der Waals surface area contributed by atoms with E-state index in [0.29, 0.717) is 6.54 Å². The summed E-state index contributed by atoms with van der Waals surface area (Å²) in [6, 6.07) is 4.20. The molecule has 36 heavy (non-hydrogen) atoms. The third-order valence-corrected chi connectivity index (χ3v) is 5.79. The number of unbranched alkanes of at least 4 members (excludes halogenated alkanes) is 4. The van der Waals surface area contributed by atoms with Gasteiger partial charge in [0.2, 0.25) is 11.8 Å². The summed E-state index contributed by atoms with van der Waals surface area (Å²) in [5.41, 5.74) is 1.78. The molecule has 7 heteroatoms. The Morgan fingerprint density at radius 3 is 2.08 bits per heavy atom. The van der Waals surface area contributed by atoms with Gasteiger partial charge in [0, 0.05) is 12.1 Å². The maximum absolute atomic E-state index is 13.8. The zero-order chi connectivity index (χ0) is 27.7. The molecule has 0 saturated heterocycles. The summed E-state index contributed by atoms with van der Waals surface area (Å²) in [5.74, 6) is -0.555. The average molecular weight is 504 g/mol. The van der Waals surface area contributed by atoms with E-state index in [1.165, 1.54) is 0 Å². The second-order valence-electron chi connectivity index (χ2n) is 11.8. The Kier molecular flexibility index (Phi) is 11.9. The number of nitrogens with one attached hydrogen (secondary N) is 2. The first-order valence-corrected chi connectivity index (χ1v) is 13.2. The van der Waals surface area contributed by atoms with Crippen molar-refractivity contribution in [1.29, 1.82) is 0 Å².